The summed E-state index contributed by atoms with van der Waals surface area (Å²) in [6, 6.07) is 7.02. The maximum Gasteiger partial charge on any atom is 0.125 e. The molecule has 4 heteroatoms. The van der Waals surface area contributed by atoms with Gasteiger partial charge in [0.25, 0.3) is 0 Å². The molecule has 4 rings (SSSR count). The zero-order chi connectivity index (χ0) is 14.2. The molecular weight excluding hydrogens is 265 g/mol. The summed E-state index contributed by atoms with van der Waals surface area (Å²) in [5.41, 5.74) is 2.12. The number of hydrogen-bond acceptors (Lipinski definition) is 3. The fraction of sp³-hybridized carbons (Fsp3) is 0.647. The Morgan fingerprint density at radius 2 is 1.76 bits per heavy atom. The molecule has 1 heterocycles. The lowest BCUT2D eigenvalue weighted by atomic mass is 10.1. The second kappa shape index (κ2) is 5.58. The van der Waals surface area contributed by atoms with Crippen molar-refractivity contribution in [2.75, 3.05) is 31.1 Å². The van der Waals surface area contributed by atoms with E-state index in [2.05, 4.69) is 21.2 Å². The van der Waals surface area contributed by atoms with E-state index >= 15 is 0 Å². The lowest BCUT2D eigenvalue weighted by Crippen LogP contribution is -2.47. The molecule has 114 valence electrons. The van der Waals surface area contributed by atoms with Gasteiger partial charge in [0, 0.05) is 50.5 Å². The van der Waals surface area contributed by atoms with Crippen LogP contribution in [-0.2, 0) is 6.54 Å². The summed E-state index contributed by atoms with van der Waals surface area (Å²) in [6.07, 6.45) is 5.28. The van der Waals surface area contributed by atoms with Crippen LogP contribution in [0.3, 0.4) is 0 Å². The number of nitrogens with zero attached hydrogens (tertiary/aromatic N) is 2. The van der Waals surface area contributed by atoms with E-state index in [4.69, 9.17) is 0 Å². The number of piperazine rings is 1. The summed E-state index contributed by atoms with van der Waals surface area (Å²) in [5.74, 6) is -0.107. The van der Waals surface area contributed by atoms with Gasteiger partial charge in [-0.25, -0.2) is 4.39 Å². The van der Waals surface area contributed by atoms with Crippen LogP contribution in [0.5, 0.6) is 0 Å². The van der Waals surface area contributed by atoms with Crippen molar-refractivity contribution in [2.45, 2.75) is 44.3 Å². The third kappa shape index (κ3) is 3.38. The highest BCUT2D eigenvalue weighted by Crippen LogP contribution is 2.29. The number of halogens is 1. The largest absolute Gasteiger partial charge is 0.369 e. The smallest absolute Gasteiger partial charge is 0.125 e. The zero-order valence-electron chi connectivity index (χ0n) is 12.5. The first-order chi connectivity index (χ1) is 10.3. The molecule has 21 heavy (non-hydrogen) atoms. The van der Waals surface area contributed by atoms with Crippen molar-refractivity contribution in [1.29, 1.82) is 0 Å². The molecule has 3 aliphatic rings. The van der Waals surface area contributed by atoms with Gasteiger partial charge in [-0.15, -0.1) is 0 Å². The van der Waals surface area contributed by atoms with Crippen molar-refractivity contribution in [2.24, 2.45) is 0 Å². The molecule has 0 bridgehead atoms. The summed E-state index contributed by atoms with van der Waals surface area (Å²) < 4.78 is 13.9. The van der Waals surface area contributed by atoms with E-state index in [0.717, 1.165) is 50.0 Å². The van der Waals surface area contributed by atoms with Crippen LogP contribution in [0, 0.1) is 5.82 Å². The second-order valence-corrected chi connectivity index (χ2v) is 6.73. The van der Waals surface area contributed by atoms with Gasteiger partial charge in [0.15, 0.2) is 0 Å². The maximum atomic E-state index is 13.9. The monoisotopic (exact) mass is 289 g/mol. The summed E-state index contributed by atoms with van der Waals surface area (Å²) in [6.45, 7) is 5.08. The normalized spacial score (nSPS) is 23.6. The van der Waals surface area contributed by atoms with Crippen molar-refractivity contribution in [3.8, 4) is 0 Å². The number of rotatable bonds is 5. The Hall–Kier alpha value is -1.13. The molecule has 1 aromatic rings. The average molecular weight is 289 g/mol. The SMILES string of the molecule is Fc1cc(CNC2CC2)cc(N2CCN(C3CC3)CC2)c1. The quantitative estimate of drug-likeness (QED) is 0.898. The van der Waals surface area contributed by atoms with Crippen molar-refractivity contribution in [3.05, 3.63) is 29.6 Å². The number of anilines is 1. The molecule has 1 saturated heterocycles. The van der Waals surface area contributed by atoms with Gasteiger partial charge in [-0.1, -0.05) is 0 Å². The first kappa shape index (κ1) is 13.5. The van der Waals surface area contributed by atoms with Crippen molar-refractivity contribution < 1.29 is 4.39 Å². The Morgan fingerprint density at radius 1 is 1.00 bits per heavy atom. The molecule has 0 spiro atoms. The van der Waals surface area contributed by atoms with Crippen LogP contribution in [0.2, 0.25) is 0 Å². The van der Waals surface area contributed by atoms with Gasteiger partial charge in [-0.2, -0.15) is 0 Å². The van der Waals surface area contributed by atoms with Crippen LogP contribution in [0.1, 0.15) is 31.2 Å². The minimum Gasteiger partial charge on any atom is -0.369 e. The highest BCUT2D eigenvalue weighted by atomic mass is 19.1. The van der Waals surface area contributed by atoms with Gasteiger partial charge < -0.3 is 10.2 Å². The number of nitrogens with one attached hydrogen (secondary N) is 1. The molecule has 0 atom stereocenters. The highest BCUT2D eigenvalue weighted by molar-refractivity contribution is 5.49. The van der Waals surface area contributed by atoms with Crippen LogP contribution in [-0.4, -0.2) is 43.2 Å². The Labute approximate surface area is 126 Å². The standard InChI is InChI=1S/C17H24FN3/c18-14-9-13(12-19-15-1-2-15)10-17(11-14)21-7-5-20(6-8-21)16-3-4-16/h9-11,15-16,19H,1-8,12H2. The van der Waals surface area contributed by atoms with Crippen LogP contribution < -0.4 is 10.2 Å². The van der Waals surface area contributed by atoms with E-state index in [1.807, 2.05) is 0 Å². The molecule has 1 aromatic carbocycles. The minimum atomic E-state index is -0.107. The lowest BCUT2D eigenvalue weighted by molar-refractivity contribution is 0.248. The van der Waals surface area contributed by atoms with E-state index in [1.54, 1.807) is 12.1 Å². The van der Waals surface area contributed by atoms with Gasteiger partial charge in [-0.3, -0.25) is 4.90 Å². The van der Waals surface area contributed by atoms with Gasteiger partial charge >= 0.3 is 0 Å². The first-order valence-electron chi connectivity index (χ1n) is 8.30. The molecule has 2 saturated carbocycles. The Bertz CT molecular complexity index is 503. The lowest BCUT2D eigenvalue weighted by Gasteiger charge is -2.36. The maximum absolute atomic E-state index is 13.9. The molecule has 0 radical (unpaired) electrons. The fourth-order valence-corrected chi connectivity index (χ4v) is 3.25. The topological polar surface area (TPSA) is 18.5 Å². The summed E-state index contributed by atoms with van der Waals surface area (Å²) in [4.78, 5) is 4.92. The number of hydrogen-bond donors (Lipinski definition) is 1. The Balaban J connectivity index is 1.41. The Kier molecular flexibility index (Phi) is 3.59. The molecule has 1 N–H and O–H groups in total. The summed E-state index contributed by atoms with van der Waals surface area (Å²) in [5, 5.41) is 3.47. The Morgan fingerprint density at radius 3 is 2.43 bits per heavy atom. The van der Waals surface area contributed by atoms with Gasteiger partial charge in [0.05, 0.1) is 0 Å². The van der Waals surface area contributed by atoms with E-state index in [1.165, 1.54) is 25.7 Å². The molecule has 0 unspecified atom stereocenters. The van der Waals surface area contributed by atoms with Crippen LogP contribution in [0.25, 0.3) is 0 Å². The summed E-state index contributed by atoms with van der Waals surface area (Å²) in [7, 11) is 0. The predicted octanol–water partition coefficient (Wildman–Crippen LogP) is 2.36. The number of benzene rings is 1. The van der Waals surface area contributed by atoms with E-state index < -0.39 is 0 Å². The van der Waals surface area contributed by atoms with Crippen LogP contribution in [0.15, 0.2) is 18.2 Å². The van der Waals surface area contributed by atoms with Crippen LogP contribution in [0.4, 0.5) is 10.1 Å². The molecule has 0 amide bonds. The molecule has 1 aliphatic heterocycles. The highest BCUT2D eigenvalue weighted by Gasteiger charge is 2.31. The van der Waals surface area contributed by atoms with E-state index in [-0.39, 0.29) is 5.82 Å². The summed E-state index contributed by atoms with van der Waals surface area (Å²) >= 11 is 0. The molecular formula is C17H24FN3. The first-order valence-corrected chi connectivity index (χ1v) is 8.30. The molecule has 0 aromatic heterocycles. The molecule has 3 nitrogen and oxygen atoms in total. The molecule has 3 fully saturated rings. The van der Waals surface area contributed by atoms with Crippen molar-refractivity contribution in [1.82, 2.24) is 10.2 Å². The van der Waals surface area contributed by atoms with Crippen molar-refractivity contribution in [3.63, 3.8) is 0 Å². The van der Waals surface area contributed by atoms with Gasteiger partial charge in [-0.05, 0) is 49.4 Å². The zero-order valence-corrected chi connectivity index (χ0v) is 12.5. The van der Waals surface area contributed by atoms with Gasteiger partial charge in [0.1, 0.15) is 5.82 Å². The van der Waals surface area contributed by atoms with Crippen molar-refractivity contribution >= 4 is 5.69 Å². The average Bonchev–Trinajstić information content (AvgIpc) is 3.39. The third-order valence-corrected chi connectivity index (χ3v) is 4.86. The molecule has 2 aliphatic carbocycles. The van der Waals surface area contributed by atoms with Gasteiger partial charge in [0.2, 0.25) is 0 Å². The van der Waals surface area contributed by atoms with E-state index in [9.17, 15) is 4.39 Å². The van der Waals surface area contributed by atoms with E-state index in [0.29, 0.717) is 6.04 Å². The van der Waals surface area contributed by atoms with Crippen LogP contribution >= 0.6 is 0 Å². The fourth-order valence-electron chi connectivity index (χ4n) is 3.25. The third-order valence-electron chi connectivity index (χ3n) is 4.86. The minimum absolute atomic E-state index is 0.107. The predicted molar refractivity (Wildman–Crippen MR) is 83.1 cm³/mol. The second-order valence-electron chi connectivity index (χ2n) is 6.73.